The van der Waals surface area contributed by atoms with Gasteiger partial charge < -0.3 is 4.74 Å². The van der Waals surface area contributed by atoms with Gasteiger partial charge in [-0.1, -0.05) is 23.4 Å². The number of hydrogen-bond donors (Lipinski definition) is 1. The Hall–Kier alpha value is -2.65. The second kappa shape index (κ2) is 8.84. The van der Waals surface area contributed by atoms with Crippen molar-refractivity contribution in [3.05, 3.63) is 53.0 Å². The minimum atomic E-state index is -3.32. The SMILES string of the molecule is COc1c(Br)cc(N=NN2CCCC2)cc1-c1ccc2cc(NS(C)(=O)=O)ccc2c1. The Bertz CT molecular complexity index is 1260. The summed E-state index contributed by atoms with van der Waals surface area (Å²) in [6.45, 7) is 1.88. The minimum Gasteiger partial charge on any atom is -0.495 e. The van der Waals surface area contributed by atoms with Crippen LogP contribution in [0.5, 0.6) is 5.75 Å². The quantitative estimate of drug-likeness (QED) is 0.435. The van der Waals surface area contributed by atoms with Crippen LogP contribution in [0.25, 0.3) is 21.9 Å². The molecule has 9 heteroatoms. The predicted molar refractivity (Wildman–Crippen MR) is 127 cm³/mol. The lowest BCUT2D eigenvalue weighted by molar-refractivity contribution is 0.336. The summed E-state index contributed by atoms with van der Waals surface area (Å²) >= 11 is 3.59. The fourth-order valence-corrected chi connectivity index (χ4v) is 4.82. The number of rotatable bonds is 6. The van der Waals surface area contributed by atoms with Crippen LogP contribution in [-0.2, 0) is 10.0 Å². The maximum atomic E-state index is 11.5. The standard InChI is InChI=1S/C22H23BrN4O3S/c1-30-22-20(13-19(14-21(22)23)24-26-27-9-3-4-10-27)17-6-5-16-12-18(25-31(2,28)29)8-7-15(16)11-17/h5-8,11-14,25H,3-4,9-10H2,1-2H3. The average molecular weight is 503 g/mol. The maximum absolute atomic E-state index is 11.5. The van der Waals surface area contributed by atoms with E-state index in [2.05, 4.69) is 31.0 Å². The second-order valence-corrected chi connectivity index (χ2v) is 10.1. The molecule has 7 nitrogen and oxygen atoms in total. The van der Waals surface area contributed by atoms with E-state index in [0.717, 1.165) is 70.0 Å². The van der Waals surface area contributed by atoms with E-state index in [9.17, 15) is 8.42 Å². The number of hydrogen-bond acceptors (Lipinski definition) is 5. The molecule has 162 valence electrons. The summed E-state index contributed by atoms with van der Waals surface area (Å²) in [5, 5.41) is 12.7. The van der Waals surface area contributed by atoms with Gasteiger partial charge in [-0.05, 0) is 75.4 Å². The van der Waals surface area contributed by atoms with Gasteiger partial charge in [0.05, 0.1) is 23.5 Å². The number of halogens is 1. The van der Waals surface area contributed by atoms with Gasteiger partial charge in [0.15, 0.2) is 0 Å². The van der Waals surface area contributed by atoms with E-state index in [1.54, 1.807) is 13.2 Å². The number of benzene rings is 3. The highest BCUT2D eigenvalue weighted by atomic mass is 79.9. The van der Waals surface area contributed by atoms with Crippen molar-refractivity contribution in [2.24, 2.45) is 10.3 Å². The molecule has 3 aromatic carbocycles. The molecule has 0 aromatic heterocycles. The molecule has 1 fully saturated rings. The van der Waals surface area contributed by atoms with Crippen molar-refractivity contribution in [1.29, 1.82) is 0 Å². The zero-order chi connectivity index (χ0) is 22.0. The zero-order valence-corrected chi connectivity index (χ0v) is 19.7. The summed E-state index contributed by atoms with van der Waals surface area (Å²) in [7, 11) is -1.68. The van der Waals surface area contributed by atoms with Crippen LogP contribution >= 0.6 is 15.9 Å². The van der Waals surface area contributed by atoms with Crippen LogP contribution in [0.2, 0.25) is 0 Å². The van der Waals surface area contributed by atoms with E-state index in [1.807, 2.05) is 47.5 Å². The highest BCUT2D eigenvalue weighted by Gasteiger charge is 2.14. The molecule has 4 rings (SSSR count). The van der Waals surface area contributed by atoms with Gasteiger partial charge in [-0.2, -0.15) is 0 Å². The molecule has 1 aliphatic rings. The van der Waals surface area contributed by atoms with E-state index in [0.29, 0.717) is 5.69 Å². The normalized spacial score (nSPS) is 14.5. The maximum Gasteiger partial charge on any atom is 0.229 e. The van der Waals surface area contributed by atoms with E-state index < -0.39 is 10.0 Å². The molecule has 0 bridgehead atoms. The molecular formula is C22H23BrN4O3S. The first-order valence-corrected chi connectivity index (χ1v) is 12.6. The summed E-state index contributed by atoms with van der Waals surface area (Å²) in [5.41, 5.74) is 3.13. The van der Waals surface area contributed by atoms with E-state index in [4.69, 9.17) is 4.74 Å². The van der Waals surface area contributed by atoms with Gasteiger partial charge in [0.1, 0.15) is 5.75 Å². The molecule has 31 heavy (non-hydrogen) atoms. The molecule has 0 unspecified atom stereocenters. The molecule has 1 N–H and O–H groups in total. The van der Waals surface area contributed by atoms with Crippen LogP contribution < -0.4 is 9.46 Å². The van der Waals surface area contributed by atoms with E-state index in [1.165, 1.54) is 0 Å². The van der Waals surface area contributed by atoms with Gasteiger partial charge in [0, 0.05) is 24.3 Å². The third-order valence-corrected chi connectivity index (χ3v) is 6.25. The van der Waals surface area contributed by atoms with Crippen LogP contribution in [0.3, 0.4) is 0 Å². The Morgan fingerprint density at radius 3 is 2.45 bits per heavy atom. The second-order valence-electron chi connectivity index (χ2n) is 7.51. The van der Waals surface area contributed by atoms with Gasteiger partial charge >= 0.3 is 0 Å². The highest BCUT2D eigenvalue weighted by Crippen LogP contribution is 2.41. The van der Waals surface area contributed by atoms with Gasteiger partial charge in [0.2, 0.25) is 10.0 Å². The van der Waals surface area contributed by atoms with Gasteiger partial charge in [-0.25, -0.2) is 8.42 Å². The average Bonchev–Trinajstić information content (AvgIpc) is 3.24. The molecule has 0 spiro atoms. The van der Waals surface area contributed by atoms with Crippen LogP contribution in [-0.4, -0.2) is 39.9 Å². The van der Waals surface area contributed by atoms with Crippen LogP contribution in [0.4, 0.5) is 11.4 Å². The molecule has 1 heterocycles. The number of nitrogens with zero attached hydrogens (tertiary/aromatic N) is 3. The number of sulfonamides is 1. The van der Waals surface area contributed by atoms with Crippen molar-refractivity contribution in [3.8, 4) is 16.9 Å². The number of ether oxygens (including phenoxy) is 1. The van der Waals surface area contributed by atoms with Crippen molar-refractivity contribution in [1.82, 2.24) is 5.01 Å². The fourth-order valence-electron chi connectivity index (χ4n) is 3.65. The van der Waals surface area contributed by atoms with Crippen molar-refractivity contribution >= 4 is 48.1 Å². The molecule has 0 radical (unpaired) electrons. The Kier molecular flexibility index (Phi) is 6.15. The highest BCUT2D eigenvalue weighted by molar-refractivity contribution is 9.10. The lowest BCUT2D eigenvalue weighted by Gasteiger charge is -2.13. The first-order chi connectivity index (χ1) is 14.8. The molecule has 1 saturated heterocycles. The first-order valence-electron chi connectivity index (χ1n) is 9.88. The Morgan fingerprint density at radius 2 is 1.74 bits per heavy atom. The van der Waals surface area contributed by atoms with Crippen LogP contribution in [0.1, 0.15) is 12.8 Å². The predicted octanol–water partition coefficient (Wildman–Crippen LogP) is 5.74. The van der Waals surface area contributed by atoms with Crippen LogP contribution in [0.15, 0.2) is 63.3 Å². The molecule has 1 aliphatic heterocycles. The van der Waals surface area contributed by atoms with Crippen LogP contribution in [0, 0.1) is 0 Å². The molecule has 0 atom stereocenters. The summed E-state index contributed by atoms with van der Waals surface area (Å²) in [6, 6.07) is 15.3. The Morgan fingerprint density at radius 1 is 1.03 bits per heavy atom. The van der Waals surface area contributed by atoms with Crippen molar-refractivity contribution in [2.75, 3.05) is 31.2 Å². The van der Waals surface area contributed by atoms with Crippen molar-refractivity contribution in [2.45, 2.75) is 12.8 Å². The number of anilines is 1. The zero-order valence-electron chi connectivity index (χ0n) is 17.3. The first kappa shape index (κ1) is 21.6. The summed E-state index contributed by atoms with van der Waals surface area (Å²) in [6.07, 6.45) is 3.43. The van der Waals surface area contributed by atoms with E-state index >= 15 is 0 Å². The molecule has 0 amide bonds. The summed E-state index contributed by atoms with van der Waals surface area (Å²) < 4.78 is 32.0. The third kappa shape index (κ3) is 5.16. The molecular weight excluding hydrogens is 480 g/mol. The number of fused-ring (bicyclic) bond motifs is 1. The van der Waals surface area contributed by atoms with Gasteiger partial charge in [0.25, 0.3) is 0 Å². The number of methoxy groups -OCH3 is 1. The topological polar surface area (TPSA) is 83.4 Å². The van der Waals surface area contributed by atoms with Crippen molar-refractivity contribution in [3.63, 3.8) is 0 Å². The van der Waals surface area contributed by atoms with Gasteiger partial charge in [-0.15, -0.1) is 5.11 Å². The minimum absolute atomic E-state index is 0.535. The largest absolute Gasteiger partial charge is 0.495 e. The summed E-state index contributed by atoms with van der Waals surface area (Å²) in [5.74, 6) is 0.717. The Labute approximate surface area is 190 Å². The smallest absolute Gasteiger partial charge is 0.229 e. The Balaban J connectivity index is 1.72. The fraction of sp³-hybridized carbons (Fsp3) is 0.273. The van der Waals surface area contributed by atoms with Crippen molar-refractivity contribution < 1.29 is 13.2 Å². The van der Waals surface area contributed by atoms with Gasteiger partial charge in [-0.3, -0.25) is 9.73 Å². The lowest BCUT2D eigenvalue weighted by Crippen LogP contribution is -2.09. The third-order valence-electron chi connectivity index (χ3n) is 5.06. The monoisotopic (exact) mass is 502 g/mol. The lowest BCUT2D eigenvalue weighted by atomic mass is 9.99. The summed E-state index contributed by atoms with van der Waals surface area (Å²) in [4.78, 5) is 0. The molecule has 3 aromatic rings. The molecule has 0 saturated carbocycles. The number of nitrogens with one attached hydrogen (secondary N) is 1. The van der Waals surface area contributed by atoms with E-state index in [-0.39, 0.29) is 0 Å². The molecule has 0 aliphatic carbocycles.